The number of hydrogen-bond acceptors (Lipinski definition) is 8. The fourth-order valence-corrected chi connectivity index (χ4v) is 4.77. The first-order valence-corrected chi connectivity index (χ1v) is 10.4. The third-order valence-corrected chi connectivity index (χ3v) is 6.79. The molecule has 0 atom stereocenters. The Bertz CT molecular complexity index is 1130. The molecular weight excluding hydrogens is 449 g/mol. The Balaban J connectivity index is 1.90. The Hall–Kier alpha value is -2.93. The summed E-state index contributed by atoms with van der Waals surface area (Å²) in [7, 11) is 0.119. The fourth-order valence-electron chi connectivity index (χ4n) is 2.47. The Kier molecular flexibility index (Phi) is 5.85. The number of methoxy groups -OCH3 is 3. The van der Waals surface area contributed by atoms with Gasteiger partial charge in [0.1, 0.15) is 9.90 Å². The third kappa shape index (κ3) is 4.31. The monoisotopic (exact) mass is 464 g/mol. The normalized spacial score (nSPS) is 11.9. The molecule has 0 amide bonds. The molecule has 0 saturated carbocycles. The molecule has 0 spiro atoms. The minimum Gasteiger partial charge on any atom is -0.493 e. The van der Waals surface area contributed by atoms with E-state index in [0.717, 1.165) is 11.3 Å². The van der Waals surface area contributed by atoms with Crippen molar-refractivity contribution in [3.05, 3.63) is 36.1 Å². The van der Waals surface area contributed by atoms with Gasteiger partial charge >= 0.3 is 6.18 Å². The average molecular weight is 464 g/mol. The summed E-state index contributed by atoms with van der Waals surface area (Å²) in [5.41, 5.74) is 0.0156. The maximum Gasteiger partial charge on any atom is 0.452 e. The molecule has 0 aliphatic rings. The highest BCUT2D eigenvalue weighted by atomic mass is 32.2. The van der Waals surface area contributed by atoms with E-state index in [2.05, 4.69) is 14.4 Å². The lowest BCUT2D eigenvalue weighted by atomic mass is 10.2. The molecule has 0 aliphatic heterocycles. The topological polar surface area (TPSA) is 99.9 Å². The number of ether oxygens (including phenoxy) is 3. The van der Waals surface area contributed by atoms with Crippen LogP contribution in [0.25, 0.3) is 10.6 Å². The van der Waals surface area contributed by atoms with E-state index in [9.17, 15) is 21.6 Å². The van der Waals surface area contributed by atoms with Crippen LogP contribution in [0.5, 0.6) is 17.2 Å². The molecule has 2 aromatic heterocycles. The Morgan fingerprint density at radius 3 is 2.17 bits per heavy atom. The van der Waals surface area contributed by atoms with E-state index in [4.69, 9.17) is 14.2 Å². The number of aromatic nitrogens is 1. The van der Waals surface area contributed by atoms with Gasteiger partial charge in [0, 0.05) is 18.2 Å². The van der Waals surface area contributed by atoms with Gasteiger partial charge < -0.3 is 18.7 Å². The van der Waals surface area contributed by atoms with Crippen molar-refractivity contribution in [3.8, 4) is 27.8 Å². The van der Waals surface area contributed by atoms with Crippen molar-refractivity contribution >= 4 is 27.0 Å². The summed E-state index contributed by atoms with van der Waals surface area (Å²) < 4.78 is 85.5. The summed E-state index contributed by atoms with van der Waals surface area (Å²) in [5.74, 6) is -0.508. The van der Waals surface area contributed by atoms with Crippen LogP contribution in [-0.4, -0.2) is 34.9 Å². The third-order valence-electron chi connectivity index (χ3n) is 3.81. The van der Waals surface area contributed by atoms with Crippen molar-refractivity contribution in [2.24, 2.45) is 0 Å². The lowest BCUT2D eigenvalue weighted by molar-refractivity contribution is -0.155. The van der Waals surface area contributed by atoms with Gasteiger partial charge in [0.2, 0.25) is 11.5 Å². The van der Waals surface area contributed by atoms with Crippen LogP contribution in [0.15, 0.2) is 39.1 Å². The SMILES string of the molecule is COc1cc(NS(=O)(=O)c2ccc(-c3cc(C(F)(F)F)on3)s2)cc(OC)c1OC. The minimum absolute atomic E-state index is 0.124. The second-order valence-electron chi connectivity index (χ2n) is 5.71. The number of nitrogens with zero attached hydrogens (tertiary/aromatic N) is 1. The van der Waals surface area contributed by atoms with Gasteiger partial charge in [0.05, 0.1) is 31.9 Å². The first kappa shape index (κ1) is 21.8. The molecule has 13 heteroatoms. The summed E-state index contributed by atoms with van der Waals surface area (Å²) in [5, 5.41) is 3.35. The minimum atomic E-state index is -4.69. The van der Waals surface area contributed by atoms with Gasteiger partial charge in [-0.2, -0.15) is 13.2 Å². The largest absolute Gasteiger partial charge is 0.493 e. The summed E-state index contributed by atoms with van der Waals surface area (Å²) >= 11 is 0.736. The molecule has 0 radical (unpaired) electrons. The van der Waals surface area contributed by atoms with Crippen LogP contribution < -0.4 is 18.9 Å². The number of sulfonamides is 1. The van der Waals surface area contributed by atoms with Gasteiger partial charge in [-0.15, -0.1) is 11.3 Å². The van der Waals surface area contributed by atoms with Crippen molar-refractivity contribution < 1.29 is 40.3 Å². The molecule has 0 saturated heterocycles. The number of halogens is 3. The van der Waals surface area contributed by atoms with E-state index >= 15 is 0 Å². The van der Waals surface area contributed by atoms with E-state index in [0.29, 0.717) is 6.07 Å². The molecule has 1 aromatic carbocycles. The standard InChI is InChI=1S/C17H15F3N2O6S2/c1-25-11-6-9(7-12(26-2)16(11)27-3)22-30(23,24)15-5-4-13(29-15)10-8-14(28-21-10)17(18,19)20/h4-8,22H,1-3H3. The molecule has 3 aromatic rings. The predicted octanol–water partition coefficient (Wildman–Crippen LogP) is 4.25. The maximum absolute atomic E-state index is 12.7. The molecule has 2 heterocycles. The summed E-state index contributed by atoms with van der Waals surface area (Å²) in [6, 6.07) is 6.10. The van der Waals surface area contributed by atoms with Crippen LogP contribution in [0.2, 0.25) is 0 Å². The van der Waals surface area contributed by atoms with Gasteiger partial charge in [-0.1, -0.05) is 5.16 Å². The van der Waals surface area contributed by atoms with Gasteiger partial charge in [-0.05, 0) is 12.1 Å². The fraction of sp³-hybridized carbons (Fsp3) is 0.235. The highest BCUT2D eigenvalue weighted by Gasteiger charge is 2.36. The van der Waals surface area contributed by atoms with Crippen LogP contribution in [0.4, 0.5) is 18.9 Å². The summed E-state index contributed by atoms with van der Waals surface area (Å²) in [6.45, 7) is 0. The molecular formula is C17H15F3N2O6S2. The molecule has 162 valence electrons. The smallest absolute Gasteiger partial charge is 0.452 e. The Morgan fingerprint density at radius 1 is 1.03 bits per heavy atom. The Morgan fingerprint density at radius 2 is 1.67 bits per heavy atom. The number of alkyl halides is 3. The second kappa shape index (κ2) is 8.07. The van der Waals surface area contributed by atoms with Crippen LogP contribution in [0.1, 0.15) is 5.76 Å². The summed E-state index contributed by atoms with van der Waals surface area (Å²) in [6.07, 6.45) is -4.69. The molecule has 8 nitrogen and oxygen atoms in total. The average Bonchev–Trinajstić information content (AvgIpc) is 3.36. The van der Waals surface area contributed by atoms with Crippen LogP contribution in [-0.2, 0) is 16.2 Å². The Labute approximate surface area is 173 Å². The van der Waals surface area contributed by atoms with Gasteiger partial charge in [0.15, 0.2) is 11.5 Å². The van der Waals surface area contributed by atoms with Gasteiger partial charge in [0.25, 0.3) is 10.0 Å². The lowest BCUT2D eigenvalue weighted by Gasteiger charge is -2.14. The number of anilines is 1. The molecule has 3 rings (SSSR count). The quantitative estimate of drug-likeness (QED) is 0.558. The number of hydrogen-bond donors (Lipinski definition) is 1. The first-order chi connectivity index (χ1) is 14.1. The predicted molar refractivity (Wildman–Crippen MR) is 102 cm³/mol. The van der Waals surface area contributed by atoms with Gasteiger partial charge in [-0.3, -0.25) is 4.72 Å². The van der Waals surface area contributed by atoms with Crippen LogP contribution in [0.3, 0.4) is 0 Å². The van der Waals surface area contributed by atoms with E-state index < -0.39 is 22.0 Å². The number of thiophene rings is 1. The van der Waals surface area contributed by atoms with Crippen molar-refractivity contribution in [1.82, 2.24) is 5.16 Å². The van der Waals surface area contributed by atoms with Crippen LogP contribution >= 0.6 is 11.3 Å². The molecule has 30 heavy (non-hydrogen) atoms. The highest BCUT2D eigenvalue weighted by molar-refractivity contribution is 7.94. The summed E-state index contributed by atoms with van der Waals surface area (Å²) in [4.78, 5) is 0.194. The van der Waals surface area contributed by atoms with Crippen molar-refractivity contribution in [3.63, 3.8) is 0 Å². The zero-order valence-electron chi connectivity index (χ0n) is 15.7. The number of benzene rings is 1. The van der Waals surface area contributed by atoms with Crippen molar-refractivity contribution in [1.29, 1.82) is 0 Å². The number of rotatable bonds is 7. The highest BCUT2D eigenvalue weighted by Crippen LogP contribution is 2.41. The second-order valence-corrected chi connectivity index (χ2v) is 8.71. The van der Waals surface area contributed by atoms with Crippen molar-refractivity contribution in [2.45, 2.75) is 10.4 Å². The zero-order valence-corrected chi connectivity index (χ0v) is 17.4. The molecule has 0 bridgehead atoms. The molecule has 1 N–H and O–H groups in total. The van der Waals surface area contributed by atoms with E-state index in [1.807, 2.05) is 0 Å². The lowest BCUT2D eigenvalue weighted by Crippen LogP contribution is -2.11. The maximum atomic E-state index is 12.7. The zero-order chi connectivity index (χ0) is 22.1. The van der Waals surface area contributed by atoms with E-state index in [1.54, 1.807) is 0 Å². The van der Waals surface area contributed by atoms with E-state index in [-0.39, 0.29) is 37.7 Å². The number of nitrogens with one attached hydrogen (secondary N) is 1. The molecule has 0 aliphatic carbocycles. The molecule has 0 fully saturated rings. The van der Waals surface area contributed by atoms with E-state index in [1.165, 1.54) is 45.6 Å². The molecule has 0 unspecified atom stereocenters. The first-order valence-electron chi connectivity index (χ1n) is 8.06. The van der Waals surface area contributed by atoms with Crippen molar-refractivity contribution in [2.75, 3.05) is 26.1 Å². The van der Waals surface area contributed by atoms with Gasteiger partial charge in [-0.25, -0.2) is 8.42 Å². The van der Waals surface area contributed by atoms with Crippen LogP contribution in [0, 0.1) is 0 Å².